The predicted molar refractivity (Wildman–Crippen MR) is 58.8 cm³/mol. The number of nitrogens with zero attached hydrogens (tertiary/aromatic N) is 2. The molecule has 3 nitrogen and oxygen atoms in total. The van der Waals surface area contributed by atoms with Crippen molar-refractivity contribution in [3.05, 3.63) is 28.0 Å². The molecule has 0 atom stereocenters. The van der Waals surface area contributed by atoms with Crippen LogP contribution in [0.1, 0.15) is 0 Å². The number of aromatic nitrogens is 2. The lowest BCUT2D eigenvalue weighted by atomic mass is 10.2. The zero-order valence-electron chi connectivity index (χ0n) is 7.29. The number of methoxy groups -OCH3 is 1. The van der Waals surface area contributed by atoms with Gasteiger partial charge in [0.2, 0.25) is 0 Å². The van der Waals surface area contributed by atoms with E-state index in [2.05, 4.69) is 9.97 Å². The highest BCUT2D eigenvalue weighted by Gasteiger charge is 2.10. The molecule has 1 aromatic heterocycles. The highest BCUT2D eigenvalue weighted by molar-refractivity contribution is 14.1. The van der Waals surface area contributed by atoms with Gasteiger partial charge in [0.05, 0.1) is 12.5 Å². The average molecular weight is 304 g/mol. The first kappa shape index (κ1) is 9.57. The summed E-state index contributed by atoms with van der Waals surface area (Å²) in [5.74, 6) is 0.229. The van der Waals surface area contributed by atoms with Gasteiger partial charge in [-0.25, -0.2) is 14.4 Å². The van der Waals surface area contributed by atoms with Gasteiger partial charge >= 0.3 is 0 Å². The third-order valence-corrected chi connectivity index (χ3v) is 2.69. The first-order valence-electron chi connectivity index (χ1n) is 3.86. The minimum Gasteiger partial charge on any atom is -0.494 e. The van der Waals surface area contributed by atoms with Crippen molar-refractivity contribution < 1.29 is 9.13 Å². The van der Waals surface area contributed by atoms with Crippen LogP contribution in [-0.4, -0.2) is 17.1 Å². The van der Waals surface area contributed by atoms with E-state index in [1.54, 1.807) is 6.07 Å². The van der Waals surface area contributed by atoms with E-state index in [0.29, 0.717) is 20.4 Å². The number of benzene rings is 1. The van der Waals surface area contributed by atoms with Gasteiger partial charge in [0.1, 0.15) is 27.1 Å². The molecule has 14 heavy (non-hydrogen) atoms. The standard InChI is InChI=1S/C9H6FIN2O/c1-14-6-3-2-5(10)7-8(6)12-4-13-9(7)11/h2-4H,1H3. The SMILES string of the molecule is COc1ccc(F)c2c(I)ncnc12. The molecule has 0 fully saturated rings. The smallest absolute Gasteiger partial charge is 0.145 e. The number of halogens is 2. The van der Waals surface area contributed by atoms with Crippen molar-refractivity contribution in [3.63, 3.8) is 0 Å². The molecule has 0 saturated carbocycles. The lowest BCUT2D eigenvalue weighted by molar-refractivity contribution is 0.418. The van der Waals surface area contributed by atoms with E-state index >= 15 is 0 Å². The molecule has 0 N–H and O–H groups in total. The van der Waals surface area contributed by atoms with Crippen LogP contribution in [-0.2, 0) is 0 Å². The van der Waals surface area contributed by atoms with E-state index in [0.717, 1.165) is 0 Å². The van der Waals surface area contributed by atoms with Crippen molar-refractivity contribution in [2.75, 3.05) is 7.11 Å². The predicted octanol–water partition coefficient (Wildman–Crippen LogP) is 2.38. The van der Waals surface area contributed by atoms with Crippen molar-refractivity contribution in [2.24, 2.45) is 0 Å². The Morgan fingerprint density at radius 2 is 2.14 bits per heavy atom. The quantitative estimate of drug-likeness (QED) is 0.599. The van der Waals surface area contributed by atoms with Gasteiger partial charge < -0.3 is 4.74 Å². The summed E-state index contributed by atoms with van der Waals surface area (Å²) in [7, 11) is 1.53. The number of rotatable bonds is 1. The first-order chi connectivity index (χ1) is 6.74. The molecule has 2 aromatic rings. The third-order valence-electron chi connectivity index (χ3n) is 1.87. The first-order valence-corrected chi connectivity index (χ1v) is 4.94. The van der Waals surface area contributed by atoms with E-state index in [4.69, 9.17) is 4.74 Å². The molecule has 1 heterocycles. The lowest BCUT2D eigenvalue weighted by Crippen LogP contribution is -1.94. The Morgan fingerprint density at radius 3 is 2.86 bits per heavy atom. The second-order valence-electron chi connectivity index (χ2n) is 2.64. The van der Waals surface area contributed by atoms with E-state index in [9.17, 15) is 4.39 Å². The fraction of sp³-hybridized carbons (Fsp3) is 0.111. The van der Waals surface area contributed by atoms with E-state index in [1.807, 2.05) is 22.6 Å². The van der Waals surface area contributed by atoms with Crippen LogP contribution in [0.25, 0.3) is 10.9 Å². The molecule has 0 saturated heterocycles. The molecule has 0 aliphatic heterocycles. The van der Waals surface area contributed by atoms with Crippen molar-refractivity contribution >= 4 is 33.5 Å². The Balaban J connectivity index is 2.91. The van der Waals surface area contributed by atoms with Gasteiger partial charge in [-0.1, -0.05) is 0 Å². The topological polar surface area (TPSA) is 35.0 Å². The maximum atomic E-state index is 13.4. The van der Waals surface area contributed by atoms with E-state index in [-0.39, 0.29) is 5.82 Å². The normalized spacial score (nSPS) is 10.5. The summed E-state index contributed by atoms with van der Waals surface area (Å²) in [6, 6.07) is 2.91. The Morgan fingerprint density at radius 1 is 1.36 bits per heavy atom. The van der Waals surface area contributed by atoms with Crippen molar-refractivity contribution in [3.8, 4) is 5.75 Å². The van der Waals surface area contributed by atoms with Gasteiger partial charge in [-0.15, -0.1) is 0 Å². The Hall–Kier alpha value is -0.980. The van der Waals surface area contributed by atoms with Crippen LogP contribution >= 0.6 is 22.6 Å². The van der Waals surface area contributed by atoms with E-state index < -0.39 is 0 Å². The van der Waals surface area contributed by atoms with Gasteiger partial charge in [0.15, 0.2) is 0 Å². The molecule has 0 bridgehead atoms. The van der Waals surface area contributed by atoms with Crippen LogP contribution in [0.5, 0.6) is 5.75 Å². The Bertz CT molecular complexity index is 481. The average Bonchev–Trinajstić information content (AvgIpc) is 2.18. The summed E-state index contributed by atoms with van der Waals surface area (Å²) in [4.78, 5) is 7.92. The lowest BCUT2D eigenvalue weighted by Gasteiger charge is -2.05. The number of fused-ring (bicyclic) bond motifs is 1. The summed E-state index contributed by atoms with van der Waals surface area (Å²) in [6.45, 7) is 0. The minimum atomic E-state index is -0.328. The molecule has 2 rings (SSSR count). The molecule has 1 aromatic carbocycles. The molecule has 0 amide bonds. The summed E-state index contributed by atoms with van der Waals surface area (Å²) >= 11 is 1.97. The van der Waals surface area contributed by atoms with Crippen molar-refractivity contribution in [2.45, 2.75) is 0 Å². The van der Waals surface area contributed by atoms with Crippen LogP contribution in [0.2, 0.25) is 0 Å². The molecular formula is C9H6FIN2O. The highest BCUT2D eigenvalue weighted by Crippen LogP contribution is 2.27. The van der Waals surface area contributed by atoms with Gasteiger partial charge in [-0.05, 0) is 34.7 Å². The van der Waals surface area contributed by atoms with Crippen LogP contribution in [0.15, 0.2) is 18.5 Å². The van der Waals surface area contributed by atoms with Gasteiger partial charge in [0, 0.05) is 0 Å². The molecule has 0 radical (unpaired) electrons. The molecule has 0 unspecified atom stereocenters. The molecule has 0 aliphatic rings. The number of ether oxygens (including phenoxy) is 1. The zero-order chi connectivity index (χ0) is 10.1. The molecule has 0 spiro atoms. The van der Waals surface area contributed by atoms with Crippen LogP contribution in [0.3, 0.4) is 0 Å². The summed E-state index contributed by atoms with van der Waals surface area (Å²) in [5.41, 5.74) is 0.506. The van der Waals surface area contributed by atoms with Crippen molar-refractivity contribution in [1.82, 2.24) is 9.97 Å². The minimum absolute atomic E-state index is 0.328. The molecule has 0 aliphatic carbocycles. The second kappa shape index (κ2) is 3.64. The largest absolute Gasteiger partial charge is 0.494 e. The Kier molecular flexibility index (Phi) is 2.49. The van der Waals surface area contributed by atoms with Crippen LogP contribution in [0, 0.1) is 9.52 Å². The second-order valence-corrected chi connectivity index (χ2v) is 3.66. The number of hydrogen-bond donors (Lipinski definition) is 0. The fourth-order valence-electron chi connectivity index (χ4n) is 1.24. The maximum absolute atomic E-state index is 13.4. The molecule has 72 valence electrons. The van der Waals surface area contributed by atoms with Crippen LogP contribution < -0.4 is 4.74 Å². The van der Waals surface area contributed by atoms with Gasteiger partial charge in [-0.3, -0.25) is 0 Å². The fourth-order valence-corrected chi connectivity index (χ4v) is 1.88. The summed E-state index contributed by atoms with van der Waals surface area (Å²) in [6.07, 6.45) is 1.39. The monoisotopic (exact) mass is 304 g/mol. The highest BCUT2D eigenvalue weighted by atomic mass is 127. The molecule has 5 heteroatoms. The van der Waals surface area contributed by atoms with Crippen LogP contribution in [0.4, 0.5) is 4.39 Å². The number of hydrogen-bond acceptors (Lipinski definition) is 3. The third kappa shape index (κ3) is 1.41. The Labute approximate surface area is 93.5 Å². The zero-order valence-corrected chi connectivity index (χ0v) is 9.45. The van der Waals surface area contributed by atoms with Gasteiger partial charge in [0.25, 0.3) is 0 Å². The summed E-state index contributed by atoms with van der Waals surface area (Å²) in [5, 5.41) is 0.410. The van der Waals surface area contributed by atoms with Crippen molar-refractivity contribution in [1.29, 1.82) is 0 Å². The summed E-state index contributed by atoms with van der Waals surface area (Å²) < 4.78 is 19.1. The van der Waals surface area contributed by atoms with Gasteiger partial charge in [-0.2, -0.15) is 0 Å². The maximum Gasteiger partial charge on any atom is 0.145 e. The van der Waals surface area contributed by atoms with E-state index in [1.165, 1.54) is 19.5 Å². The molecular weight excluding hydrogens is 298 g/mol.